The smallest absolute Gasteiger partial charge is 0.331 e. The number of hydrogen-bond acceptors (Lipinski definition) is 5. The molecule has 5 aromatic rings. The first-order valence-corrected chi connectivity index (χ1v) is 15.9. The molecule has 2 fully saturated rings. The predicted molar refractivity (Wildman–Crippen MR) is 176 cm³/mol. The van der Waals surface area contributed by atoms with Crippen molar-refractivity contribution >= 4 is 34.5 Å². The SMILES string of the molecule is O=C(c1cc2cc(C3CCOCC3)ccc2[nH]1)N1CCc2c(nc(N3CCN(c4ccccc4)C3=O)n(-c3ccccc3)c2=O)C1. The Morgan fingerprint density at radius 1 is 0.826 bits per heavy atom. The number of ether oxygens (including phenoxy) is 1. The molecule has 0 spiro atoms. The van der Waals surface area contributed by atoms with Gasteiger partial charge in [0.25, 0.3) is 11.5 Å². The normalized spacial score (nSPS) is 17.1. The maximum atomic E-state index is 14.1. The zero-order valence-electron chi connectivity index (χ0n) is 25.4. The molecule has 8 rings (SSSR count). The number of fused-ring (bicyclic) bond motifs is 2. The zero-order valence-corrected chi connectivity index (χ0v) is 25.4. The highest BCUT2D eigenvalue weighted by Gasteiger charge is 2.36. The minimum absolute atomic E-state index is 0.141. The van der Waals surface area contributed by atoms with Gasteiger partial charge in [-0.05, 0) is 73.2 Å². The summed E-state index contributed by atoms with van der Waals surface area (Å²) in [5, 5.41) is 1.01. The molecule has 10 heteroatoms. The summed E-state index contributed by atoms with van der Waals surface area (Å²) in [6.07, 6.45) is 2.38. The molecule has 1 N–H and O–H groups in total. The summed E-state index contributed by atoms with van der Waals surface area (Å²) in [5.41, 5.74) is 5.01. The highest BCUT2D eigenvalue weighted by atomic mass is 16.5. The summed E-state index contributed by atoms with van der Waals surface area (Å²) < 4.78 is 7.07. The van der Waals surface area contributed by atoms with E-state index in [-0.39, 0.29) is 30.0 Å². The third-order valence-electron chi connectivity index (χ3n) is 9.40. The van der Waals surface area contributed by atoms with Gasteiger partial charge in [-0.3, -0.25) is 19.4 Å². The first-order chi connectivity index (χ1) is 22.5. The fraction of sp³-hybridized carbons (Fsp3) is 0.278. The number of amides is 3. The molecular weight excluding hydrogens is 580 g/mol. The van der Waals surface area contributed by atoms with E-state index in [4.69, 9.17) is 9.72 Å². The van der Waals surface area contributed by atoms with Gasteiger partial charge >= 0.3 is 6.03 Å². The van der Waals surface area contributed by atoms with Gasteiger partial charge in [0.15, 0.2) is 0 Å². The van der Waals surface area contributed by atoms with E-state index in [1.807, 2.05) is 72.8 Å². The summed E-state index contributed by atoms with van der Waals surface area (Å²) in [7, 11) is 0. The molecule has 46 heavy (non-hydrogen) atoms. The fourth-order valence-electron chi connectivity index (χ4n) is 6.93. The largest absolute Gasteiger partial charge is 0.381 e. The van der Waals surface area contributed by atoms with Crippen LogP contribution in [-0.2, 0) is 17.7 Å². The Bertz CT molecular complexity index is 2000. The number of carbonyl (C=O) groups excluding carboxylic acids is 2. The van der Waals surface area contributed by atoms with E-state index in [2.05, 4.69) is 17.1 Å². The van der Waals surface area contributed by atoms with Gasteiger partial charge in [-0.1, -0.05) is 42.5 Å². The second kappa shape index (κ2) is 11.6. The van der Waals surface area contributed by atoms with Gasteiger partial charge in [-0.15, -0.1) is 0 Å². The Morgan fingerprint density at radius 3 is 2.30 bits per heavy atom. The molecule has 0 atom stereocenters. The van der Waals surface area contributed by atoms with Crippen molar-refractivity contribution in [2.24, 2.45) is 0 Å². The number of aromatic nitrogens is 3. The quantitative estimate of drug-likeness (QED) is 0.291. The second-order valence-electron chi connectivity index (χ2n) is 12.1. The van der Waals surface area contributed by atoms with E-state index in [1.165, 1.54) is 10.1 Å². The molecule has 5 heterocycles. The number of H-pyrrole nitrogens is 1. The van der Waals surface area contributed by atoms with E-state index in [0.29, 0.717) is 54.6 Å². The van der Waals surface area contributed by atoms with Crippen LogP contribution in [0, 0.1) is 0 Å². The molecule has 232 valence electrons. The number of rotatable bonds is 5. The van der Waals surface area contributed by atoms with Crippen molar-refractivity contribution in [3.05, 3.63) is 118 Å². The molecule has 3 aromatic carbocycles. The summed E-state index contributed by atoms with van der Waals surface area (Å²) in [6.45, 7) is 2.97. The number of nitrogens with zero attached hydrogens (tertiary/aromatic N) is 5. The van der Waals surface area contributed by atoms with Crippen LogP contribution in [0.5, 0.6) is 0 Å². The van der Waals surface area contributed by atoms with Crippen molar-refractivity contribution < 1.29 is 14.3 Å². The van der Waals surface area contributed by atoms with Gasteiger partial charge in [0, 0.05) is 55.0 Å². The number of urea groups is 1. The minimum Gasteiger partial charge on any atom is -0.381 e. The number of carbonyl (C=O) groups is 2. The number of anilines is 2. The van der Waals surface area contributed by atoms with Gasteiger partial charge in [-0.25, -0.2) is 14.3 Å². The van der Waals surface area contributed by atoms with Crippen LogP contribution in [0.3, 0.4) is 0 Å². The zero-order chi connectivity index (χ0) is 31.2. The predicted octanol–water partition coefficient (Wildman–Crippen LogP) is 5.25. The van der Waals surface area contributed by atoms with Crippen molar-refractivity contribution in [1.29, 1.82) is 0 Å². The molecule has 3 aliphatic rings. The van der Waals surface area contributed by atoms with Crippen molar-refractivity contribution in [3.8, 4) is 5.69 Å². The first kappa shape index (κ1) is 28.3. The van der Waals surface area contributed by atoms with Gasteiger partial charge in [0.1, 0.15) is 5.69 Å². The summed E-state index contributed by atoms with van der Waals surface area (Å²) in [5.74, 6) is 0.588. The Kier molecular flexibility index (Phi) is 7.14. The van der Waals surface area contributed by atoms with Crippen molar-refractivity contribution in [3.63, 3.8) is 0 Å². The van der Waals surface area contributed by atoms with Crippen LogP contribution in [0.1, 0.15) is 46.1 Å². The van der Waals surface area contributed by atoms with E-state index in [1.54, 1.807) is 14.7 Å². The van der Waals surface area contributed by atoms with Gasteiger partial charge in [-0.2, -0.15) is 0 Å². The molecule has 10 nitrogen and oxygen atoms in total. The lowest BCUT2D eigenvalue weighted by Gasteiger charge is -2.30. The average molecular weight is 615 g/mol. The van der Waals surface area contributed by atoms with E-state index in [0.717, 1.165) is 42.6 Å². The van der Waals surface area contributed by atoms with Crippen LogP contribution in [-0.4, -0.2) is 64.2 Å². The van der Waals surface area contributed by atoms with Crippen LogP contribution in [0.25, 0.3) is 16.6 Å². The summed E-state index contributed by atoms with van der Waals surface area (Å²) >= 11 is 0. The minimum atomic E-state index is -0.246. The van der Waals surface area contributed by atoms with Crippen LogP contribution in [0.4, 0.5) is 16.4 Å². The van der Waals surface area contributed by atoms with Crippen LogP contribution < -0.4 is 15.4 Å². The van der Waals surface area contributed by atoms with Gasteiger partial charge in [0.2, 0.25) is 5.95 Å². The Morgan fingerprint density at radius 2 is 1.54 bits per heavy atom. The third-order valence-corrected chi connectivity index (χ3v) is 9.40. The molecule has 0 unspecified atom stereocenters. The van der Waals surface area contributed by atoms with Crippen LogP contribution in [0.2, 0.25) is 0 Å². The fourth-order valence-corrected chi connectivity index (χ4v) is 6.93. The topological polar surface area (TPSA) is 104 Å². The monoisotopic (exact) mass is 614 g/mol. The lowest BCUT2D eigenvalue weighted by molar-refractivity contribution is 0.0726. The number of hydrogen-bond donors (Lipinski definition) is 1. The number of benzene rings is 3. The van der Waals surface area contributed by atoms with Crippen molar-refractivity contribution in [2.45, 2.75) is 31.7 Å². The third kappa shape index (κ3) is 4.95. The molecule has 3 amide bonds. The molecule has 0 bridgehead atoms. The second-order valence-corrected chi connectivity index (χ2v) is 12.1. The molecule has 3 aliphatic heterocycles. The van der Waals surface area contributed by atoms with Crippen molar-refractivity contribution in [1.82, 2.24) is 19.4 Å². The lowest BCUT2D eigenvalue weighted by Crippen LogP contribution is -2.43. The maximum Gasteiger partial charge on any atom is 0.331 e. The van der Waals surface area contributed by atoms with E-state index in [9.17, 15) is 14.4 Å². The average Bonchev–Trinajstić information content (AvgIpc) is 3.72. The van der Waals surface area contributed by atoms with Gasteiger partial charge in [0.05, 0.1) is 17.9 Å². The molecule has 2 saturated heterocycles. The molecule has 0 radical (unpaired) electrons. The summed E-state index contributed by atoms with van der Waals surface area (Å²) in [4.78, 5) is 55.0. The Hall–Kier alpha value is -5.22. The highest BCUT2D eigenvalue weighted by molar-refractivity contribution is 6.05. The molecular formula is C36H34N6O4. The standard InChI is InChI=1S/C36H34N6O4/c43-33-29-13-16-39(34(44)31-22-26-21-25(11-12-30(26)37-31)24-14-19-46-20-15-24)23-32(29)38-35(42(33)28-9-5-2-6-10-28)41-18-17-40(36(41)45)27-7-3-1-4-8-27/h1-12,21-22,24,37H,13-20,23H2. The Labute approximate surface area is 265 Å². The van der Waals surface area contributed by atoms with Crippen LogP contribution in [0.15, 0.2) is 89.7 Å². The number of nitrogens with one attached hydrogen (secondary N) is 1. The molecule has 0 saturated carbocycles. The number of aromatic amines is 1. The molecule has 2 aromatic heterocycles. The summed E-state index contributed by atoms with van der Waals surface area (Å²) in [6, 6.07) is 26.8. The van der Waals surface area contributed by atoms with Crippen LogP contribution >= 0.6 is 0 Å². The lowest BCUT2D eigenvalue weighted by atomic mass is 9.91. The Balaban J connectivity index is 1.12. The van der Waals surface area contributed by atoms with E-state index >= 15 is 0 Å². The van der Waals surface area contributed by atoms with Crippen molar-refractivity contribution in [2.75, 3.05) is 42.6 Å². The highest BCUT2D eigenvalue weighted by Crippen LogP contribution is 2.31. The maximum absolute atomic E-state index is 14.1. The number of para-hydroxylation sites is 2. The van der Waals surface area contributed by atoms with Gasteiger partial charge < -0.3 is 14.6 Å². The van der Waals surface area contributed by atoms with E-state index < -0.39 is 0 Å². The molecule has 0 aliphatic carbocycles. The first-order valence-electron chi connectivity index (χ1n) is 15.9.